The van der Waals surface area contributed by atoms with Crippen LogP contribution in [0.3, 0.4) is 0 Å². The number of rotatable bonds is 12. The van der Waals surface area contributed by atoms with Gasteiger partial charge in [0.05, 0.1) is 6.42 Å². The highest BCUT2D eigenvalue weighted by molar-refractivity contribution is 5.82. The molecule has 0 aliphatic heterocycles. The predicted molar refractivity (Wildman–Crippen MR) is 128 cm³/mol. The second-order valence-corrected chi connectivity index (χ2v) is 8.36. The zero-order valence-electron chi connectivity index (χ0n) is 19.6. The molecule has 0 saturated carbocycles. The van der Waals surface area contributed by atoms with Crippen molar-refractivity contribution in [2.24, 2.45) is 0 Å². The van der Waals surface area contributed by atoms with E-state index >= 15 is 0 Å². The van der Waals surface area contributed by atoms with Crippen LogP contribution >= 0.6 is 0 Å². The summed E-state index contributed by atoms with van der Waals surface area (Å²) in [5, 5.41) is 14.4. The van der Waals surface area contributed by atoms with Crippen LogP contribution in [-0.2, 0) is 19.1 Å². The van der Waals surface area contributed by atoms with Crippen molar-refractivity contribution in [2.45, 2.75) is 50.7 Å². The maximum atomic E-state index is 12.5. The first-order chi connectivity index (χ1) is 16.4. The number of hydrogen-bond donors (Lipinski definition) is 3. The summed E-state index contributed by atoms with van der Waals surface area (Å²) in [5.41, 5.74) is 4.59. The van der Waals surface area contributed by atoms with E-state index in [9.17, 15) is 14.4 Å². The van der Waals surface area contributed by atoms with Gasteiger partial charge in [-0.2, -0.15) is 0 Å². The Kier molecular flexibility index (Phi) is 9.04. The number of fused-ring (bicyclic) bond motifs is 3. The molecular weight excluding hydrogens is 436 g/mol. The normalized spacial score (nSPS) is 13.9. The van der Waals surface area contributed by atoms with Crippen molar-refractivity contribution in [2.75, 3.05) is 20.3 Å². The van der Waals surface area contributed by atoms with Gasteiger partial charge in [-0.05, 0) is 28.7 Å². The van der Waals surface area contributed by atoms with Crippen LogP contribution in [0.15, 0.2) is 48.5 Å². The average molecular weight is 469 g/mol. The van der Waals surface area contributed by atoms with Crippen molar-refractivity contribution in [3.63, 3.8) is 0 Å². The maximum absolute atomic E-state index is 12.5. The summed E-state index contributed by atoms with van der Waals surface area (Å²) in [6.07, 6.45) is 0.0342. The SMILES string of the molecule is CCC[C@@H](CC(=O)O)NC(=O)C(CCNC(=O)OCC1c2ccccc2-c2ccccc21)OC. The first-order valence-electron chi connectivity index (χ1n) is 11.6. The van der Waals surface area contributed by atoms with Crippen LogP contribution in [0.5, 0.6) is 0 Å². The van der Waals surface area contributed by atoms with Gasteiger partial charge in [-0.25, -0.2) is 4.79 Å². The number of carbonyl (C=O) groups is 3. The molecule has 1 aliphatic carbocycles. The molecule has 2 aromatic carbocycles. The molecule has 3 rings (SSSR count). The Hall–Kier alpha value is -3.39. The van der Waals surface area contributed by atoms with E-state index in [0.29, 0.717) is 6.42 Å². The van der Waals surface area contributed by atoms with Crippen LogP contribution < -0.4 is 10.6 Å². The number of amides is 2. The van der Waals surface area contributed by atoms with Gasteiger partial charge in [-0.15, -0.1) is 0 Å². The zero-order valence-corrected chi connectivity index (χ0v) is 19.6. The minimum absolute atomic E-state index is 0.0274. The number of benzene rings is 2. The molecule has 0 spiro atoms. The Balaban J connectivity index is 1.48. The first kappa shape index (κ1) is 25.2. The lowest BCUT2D eigenvalue weighted by Crippen LogP contribution is -2.44. The molecule has 0 radical (unpaired) electrons. The quantitative estimate of drug-likeness (QED) is 0.438. The Labute approximate surface area is 199 Å². The van der Waals surface area contributed by atoms with Crippen molar-refractivity contribution in [1.29, 1.82) is 0 Å². The summed E-state index contributed by atoms with van der Waals surface area (Å²) >= 11 is 0. The molecule has 0 aromatic heterocycles. The van der Waals surface area contributed by atoms with E-state index in [1.165, 1.54) is 7.11 Å². The third-order valence-electron chi connectivity index (χ3n) is 6.00. The van der Waals surface area contributed by atoms with Crippen molar-refractivity contribution < 1.29 is 29.0 Å². The van der Waals surface area contributed by atoms with Crippen LogP contribution in [0.25, 0.3) is 11.1 Å². The van der Waals surface area contributed by atoms with Gasteiger partial charge in [0.15, 0.2) is 0 Å². The fourth-order valence-electron chi connectivity index (χ4n) is 4.39. The fraction of sp³-hybridized carbons (Fsp3) is 0.423. The van der Waals surface area contributed by atoms with E-state index in [-0.39, 0.29) is 31.9 Å². The number of hydrogen-bond acceptors (Lipinski definition) is 5. The molecule has 8 heteroatoms. The minimum atomic E-state index is -0.968. The third-order valence-corrected chi connectivity index (χ3v) is 6.00. The topological polar surface area (TPSA) is 114 Å². The largest absolute Gasteiger partial charge is 0.481 e. The molecule has 0 bridgehead atoms. The molecule has 0 fully saturated rings. The highest BCUT2D eigenvalue weighted by Gasteiger charge is 2.29. The Morgan fingerprint density at radius 2 is 1.62 bits per heavy atom. The van der Waals surface area contributed by atoms with Crippen molar-refractivity contribution in [3.8, 4) is 11.1 Å². The number of carboxylic acid groups (broad SMARTS) is 1. The van der Waals surface area contributed by atoms with Crippen LogP contribution in [0.1, 0.15) is 49.7 Å². The van der Waals surface area contributed by atoms with E-state index in [1.54, 1.807) is 0 Å². The average Bonchev–Trinajstić information content (AvgIpc) is 3.14. The molecule has 1 unspecified atom stereocenters. The Morgan fingerprint density at radius 3 is 2.18 bits per heavy atom. The molecule has 3 N–H and O–H groups in total. The van der Waals surface area contributed by atoms with Gasteiger partial charge in [0.2, 0.25) is 5.91 Å². The van der Waals surface area contributed by atoms with Crippen LogP contribution in [-0.4, -0.2) is 55.5 Å². The Bertz CT molecular complexity index is 963. The molecule has 0 heterocycles. The van der Waals surface area contributed by atoms with Gasteiger partial charge in [0.1, 0.15) is 12.7 Å². The van der Waals surface area contributed by atoms with Crippen LogP contribution in [0.4, 0.5) is 4.79 Å². The second-order valence-electron chi connectivity index (χ2n) is 8.36. The highest BCUT2D eigenvalue weighted by Crippen LogP contribution is 2.44. The monoisotopic (exact) mass is 468 g/mol. The molecule has 1 aliphatic rings. The van der Waals surface area contributed by atoms with Gasteiger partial charge in [-0.1, -0.05) is 61.9 Å². The van der Waals surface area contributed by atoms with E-state index in [1.807, 2.05) is 31.2 Å². The summed E-state index contributed by atoms with van der Waals surface area (Å²) in [7, 11) is 1.41. The minimum Gasteiger partial charge on any atom is -0.481 e. The first-order valence-corrected chi connectivity index (χ1v) is 11.6. The summed E-state index contributed by atoms with van der Waals surface area (Å²) in [5.74, 6) is -1.39. The lowest BCUT2D eigenvalue weighted by molar-refractivity contribution is -0.138. The van der Waals surface area contributed by atoms with E-state index in [2.05, 4.69) is 34.9 Å². The molecule has 0 saturated heterocycles. The second kappa shape index (κ2) is 12.2. The van der Waals surface area contributed by atoms with Crippen LogP contribution in [0, 0.1) is 0 Å². The van der Waals surface area contributed by atoms with Gasteiger partial charge in [0.25, 0.3) is 0 Å². The number of alkyl carbamates (subject to hydrolysis) is 1. The molecule has 2 amide bonds. The molecule has 2 atom stereocenters. The maximum Gasteiger partial charge on any atom is 0.407 e. The highest BCUT2D eigenvalue weighted by atomic mass is 16.5. The summed E-state index contributed by atoms with van der Waals surface area (Å²) < 4.78 is 10.7. The number of carboxylic acids is 1. The molecule has 182 valence electrons. The van der Waals surface area contributed by atoms with Crippen molar-refractivity contribution >= 4 is 18.0 Å². The third kappa shape index (κ3) is 6.35. The van der Waals surface area contributed by atoms with E-state index in [0.717, 1.165) is 28.7 Å². The Morgan fingerprint density at radius 1 is 1.00 bits per heavy atom. The van der Waals surface area contributed by atoms with E-state index < -0.39 is 30.1 Å². The smallest absolute Gasteiger partial charge is 0.407 e. The van der Waals surface area contributed by atoms with E-state index in [4.69, 9.17) is 14.6 Å². The number of carbonyl (C=O) groups excluding carboxylic acids is 2. The lowest BCUT2D eigenvalue weighted by atomic mass is 9.98. The standard InChI is InChI=1S/C26H32N2O6/c1-3-8-17(15-24(29)30)28-25(31)23(33-2)13-14-27-26(32)34-16-22-20-11-6-4-9-18(20)19-10-5-7-12-21(19)22/h4-7,9-12,17,22-23H,3,8,13-16H2,1-2H3,(H,27,32)(H,28,31)(H,29,30)/t17-,23?/m0/s1. The summed E-state index contributed by atoms with van der Waals surface area (Å²) in [6.45, 7) is 2.31. The number of nitrogens with one attached hydrogen (secondary N) is 2. The van der Waals surface area contributed by atoms with Gasteiger partial charge in [0, 0.05) is 32.0 Å². The van der Waals surface area contributed by atoms with Gasteiger partial charge in [-0.3, -0.25) is 9.59 Å². The van der Waals surface area contributed by atoms with Gasteiger partial charge >= 0.3 is 12.1 Å². The molecule has 34 heavy (non-hydrogen) atoms. The van der Waals surface area contributed by atoms with Crippen molar-refractivity contribution in [3.05, 3.63) is 59.7 Å². The predicted octanol–water partition coefficient (Wildman–Crippen LogP) is 3.69. The number of ether oxygens (including phenoxy) is 2. The van der Waals surface area contributed by atoms with Crippen LogP contribution in [0.2, 0.25) is 0 Å². The summed E-state index contributed by atoms with van der Waals surface area (Å²) in [6, 6.07) is 15.8. The van der Waals surface area contributed by atoms with Gasteiger partial charge < -0.3 is 25.2 Å². The summed E-state index contributed by atoms with van der Waals surface area (Å²) in [4.78, 5) is 35.8. The molecule has 2 aromatic rings. The number of aliphatic carboxylic acids is 1. The fourth-order valence-corrected chi connectivity index (χ4v) is 4.39. The zero-order chi connectivity index (χ0) is 24.5. The molecular formula is C26H32N2O6. The van der Waals surface area contributed by atoms with Crippen molar-refractivity contribution in [1.82, 2.24) is 10.6 Å². The molecule has 8 nitrogen and oxygen atoms in total. The number of methoxy groups -OCH3 is 1. The lowest BCUT2D eigenvalue weighted by Gasteiger charge is -2.21.